The Morgan fingerprint density at radius 2 is 2.21 bits per heavy atom. The van der Waals surface area contributed by atoms with Crippen LogP contribution in [0, 0.1) is 5.92 Å². The molecule has 0 aromatic carbocycles. The lowest BCUT2D eigenvalue weighted by Crippen LogP contribution is -2.28. The highest BCUT2D eigenvalue weighted by molar-refractivity contribution is 5.93. The van der Waals surface area contributed by atoms with Crippen LogP contribution in [0.15, 0.2) is 24.4 Å². The number of aromatic nitrogens is 2. The van der Waals surface area contributed by atoms with Crippen LogP contribution < -0.4 is 4.90 Å². The number of fused-ring (bicyclic) bond motifs is 1. The van der Waals surface area contributed by atoms with Crippen molar-refractivity contribution in [3.63, 3.8) is 0 Å². The van der Waals surface area contributed by atoms with Gasteiger partial charge in [0.25, 0.3) is 0 Å². The molecule has 100 valence electrons. The van der Waals surface area contributed by atoms with E-state index in [1.54, 1.807) is 10.6 Å². The maximum atomic E-state index is 11.6. The highest BCUT2D eigenvalue weighted by atomic mass is 16.4. The molecule has 0 aliphatic carbocycles. The zero-order valence-electron chi connectivity index (χ0n) is 11.1. The molecule has 19 heavy (non-hydrogen) atoms. The fourth-order valence-electron chi connectivity index (χ4n) is 2.98. The third kappa shape index (κ3) is 1.85. The molecule has 1 saturated heterocycles. The molecule has 3 heterocycles. The van der Waals surface area contributed by atoms with Gasteiger partial charge in [0.05, 0.1) is 0 Å². The van der Waals surface area contributed by atoms with Crippen molar-refractivity contribution in [1.82, 2.24) is 9.38 Å². The number of imidazole rings is 1. The minimum absolute atomic E-state index is 0.261. The smallest absolute Gasteiger partial charge is 0.356 e. The Bertz CT molecular complexity index is 635. The van der Waals surface area contributed by atoms with Gasteiger partial charge < -0.3 is 10.0 Å². The average Bonchev–Trinajstić information content (AvgIpc) is 2.88. The van der Waals surface area contributed by atoms with Crippen LogP contribution in [0.3, 0.4) is 0 Å². The quantitative estimate of drug-likeness (QED) is 0.898. The molecule has 2 atom stereocenters. The first-order chi connectivity index (χ1) is 9.08. The maximum absolute atomic E-state index is 11.6. The van der Waals surface area contributed by atoms with Gasteiger partial charge in [-0.25, -0.2) is 9.78 Å². The third-order valence-corrected chi connectivity index (χ3v) is 3.77. The number of aromatic carboxylic acids is 1. The van der Waals surface area contributed by atoms with Gasteiger partial charge in [0, 0.05) is 18.8 Å². The van der Waals surface area contributed by atoms with E-state index >= 15 is 0 Å². The summed E-state index contributed by atoms with van der Waals surface area (Å²) in [5.41, 5.74) is 0.943. The van der Waals surface area contributed by atoms with Crippen molar-refractivity contribution in [2.45, 2.75) is 26.3 Å². The van der Waals surface area contributed by atoms with E-state index in [0.717, 1.165) is 13.0 Å². The van der Waals surface area contributed by atoms with Crippen molar-refractivity contribution in [2.75, 3.05) is 11.4 Å². The molecule has 1 N–H and O–H groups in total. The topological polar surface area (TPSA) is 57.8 Å². The summed E-state index contributed by atoms with van der Waals surface area (Å²) in [6.45, 7) is 5.18. The summed E-state index contributed by atoms with van der Waals surface area (Å²) >= 11 is 0. The predicted octanol–water partition coefficient (Wildman–Crippen LogP) is 2.27. The largest absolute Gasteiger partial charge is 0.476 e. The second kappa shape index (κ2) is 4.26. The van der Waals surface area contributed by atoms with E-state index in [0.29, 0.717) is 23.4 Å². The summed E-state index contributed by atoms with van der Waals surface area (Å²) in [7, 11) is 0. The van der Waals surface area contributed by atoms with Crippen LogP contribution in [0.25, 0.3) is 5.65 Å². The molecule has 3 rings (SSSR count). The summed E-state index contributed by atoms with van der Waals surface area (Å²) in [5.74, 6) is 0.234. The fourth-order valence-corrected chi connectivity index (χ4v) is 2.98. The number of hydrogen-bond acceptors (Lipinski definition) is 3. The SMILES string of the molecule is CC1CC(C)N(c2nc3ccccn3c2C(=O)O)C1. The first-order valence-corrected chi connectivity index (χ1v) is 6.55. The third-order valence-electron chi connectivity index (χ3n) is 3.77. The highest BCUT2D eigenvalue weighted by Gasteiger charge is 2.32. The monoisotopic (exact) mass is 259 g/mol. The van der Waals surface area contributed by atoms with Gasteiger partial charge in [-0.1, -0.05) is 13.0 Å². The fraction of sp³-hybridized carbons (Fsp3) is 0.429. The number of nitrogens with zero attached hydrogens (tertiary/aromatic N) is 3. The zero-order chi connectivity index (χ0) is 13.6. The number of pyridine rings is 1. The van der Waals surface area contributed by atoms with Crippen LogP contribution >= 0.6 is 0 Å². The predicted molar refractivity (Wildman–Crippen MR) is 72.7 cm³/mol. The number of carboxylic acid groups (broad SMARTS) is 1. The van der Waals surface area contributed by atoms with Crippen molar-refractivity contribution in [2.24, 2.45) is 5.92 Å². The zero-order valence-corrected chi connectivity index (χ0v) is 11.1. The van der Waals surface area contributed by atoms with Gasteiger partial charge in [-0.3, -0.25) is 4.40 Å². The van der Waals surface area contributed by atoms with Crippen molar-refractivity contribution in [3.8, 4) is 0 Å². The Kier molecular flexibility index (Phi) is 2.69. The summed E-state index contributed by atoms with van der Waals surface area (Å²) in [5, 5.41) is 9.48. The summed E-state index contributed by atoms with van der Waals surface area (Å²) in [6.07, 6.45) is 2.83. The molecular weight excluding hydrogens is 242 g/mol. The number of anilines is 1. The van der Waals surface area contributed by atoms with Crippen LogP contribution in [0.4, 0.5) is 5.82 Å². The summed E-state index contributed by atoms with van der Waals surface area (Å²) in [6, 6.07) is 5.85. The molecule has 0 amide bonds. The van der Waals surface area contributed by atoms with E-state index in [9.17, 15) is 9.90 Å². The molecule has 1 aliphatic heterocycles. The molecule has 2 aromatic heterocycles. The molecule has 0 radical (unpaired) electrons. The minimum Gasteiger partial charge on any atom is -0.476 e. The van der Waals surface area contributed by atoms with Gasteiger partial charge in [-0.05, 0) is 31.4 Å². The van der Waals surface area contributed by atoms with E-state index in [1.807, 2.05) is 18.2 Å². The molecule has 1 fully saturated rings. The van der Waals surface area contributed by atoms with Crippen LogP contribution in [-0.4, -0.2) is 33.0 Å². The molecule has 5 nitrogen and oxygen atoms in total. The van der Waals surface area contributed by atoms with Gasteiger partial charge in [0.2, 0.25) is 0 Å². The Morgan fingerprint density at radius 3 is 2.84 bits per heavy atom. The Labute approximate surface area is 111 Å². The van der Waals surface area contributed by atoms with Crippen LogP contribution in [0.5, 0.6) is 0 Å². The van der Waals surface area contributed by atoms with Crippen LogP contribution in [0.2, 0.25) is 0 Å². The van der Waals surface area contributed by atoms with E-state index in [-0.39, 0.29) is 5.69 Å². The molecule has 2 aromatic rings. The minimum atomic E-state index is -0.930. The van der Waals surface area contributed by atoms with Gasteiger partial charge in [0.15, 0.2) is 11.5 Å². The molecule has 0 spiro atoms. The lowest BCUT2D eigenvalue weighted by atomic mass is 10.1. The van der Waals surface area contributed by atoms with Gasteiger partial charge >= 0.3 is 5.97 Å². The Balaban J connectivity index is 2.18. The van der Waals surface area contributed by atoms with E-state index in [2.05, 4.69) is 23.7 Å². The lowest BCUT2D eigenvalue weighted by Gasteiger charge is -2.21. The summed E-state index contributed by atoms with van der Waals surface area (Å²) < 4.78 is 1.65. The lowest BCUT2D eigenvalue weighted by molar-refractivity contribution is 0.0690. The summed E-state index contributed by atoms with van der Waals surface area (Å²) in [4.78, 5) is 18.2. The normalized spacial score (nSPS) is 23.2. The first kappa shape index (κ1) is 12.0. The van der Waals surface area contributed by atoms with Gasteiger partial charge in [-0.2, -0.15) is 0 Å². The van der Waals surface area contributed by atoms with Gasteiger partial charge in [-0.15, -0.1) is 0 Å². The average molecular weight is 259 g/mol. The molecular formula is C14H17N3O2. The van der Waals surface area contributed by atoms with Crippen LogP contribution in [0.1, 0.15) is 30.8 Å². The van der Waals surface area contributed by atoms with Crippen LogP contribution in [-0.2, 0) is 0 Å². The molecule has 0 saturated carbocycles. The number of carbonyl (C=O) groups is 1. The second-order valence-corrected chi connectivity index (χ2v) is 5.36. The van der Waals surface area contributed by atoms with Crippen molar-refractivity contribution in [1.29, 1.82) is 0 Å². The van der Waals surface area contributed by atoms with Gasteiger partial charge in [0.1, 0.15) is 5.65 Å². The second-order valence-electron chi connectivity index (χ2n) is 5.36. The standard InChI is InChI=1S/C14H17N3O2/c1-9-7-10(2)17(8-9)13-12(14(18)19)16-6-4-3-5-11(16)15-13/h3-6,9-10H,7-8H2,1-2H3,(H,18,19). The molecule has 0 bridgehead atoms. The molecule has 5 heteroatoms. The highest BCUT2D eigenvalue weighted by Crippen LogP contribution is 2.31. The maximum Gasteiger partial charge on any atom is 0.356 e. The number of rotatable bonds is 2. The molecule has 1 aliphatic rings. The van der Waals surface area contributed by atoms with E-state index in [1.165, 1.54) is 0 Å². The van der Waals surface area contributed by atoms with E-state index < -0.39 is 5.97 Å². The van der Waals surface area contributed by atoms with E-state index in [4.69, 9.17) is 0 Å². The van der Waals surface area contributed by atoms with Crippen molar-refractivity contribution in [3.05, 3.63) is 30.1 Å². The number of hydrogen-bond donors (Lipinski definition) is 1. The first-order valence-electron chi connectivity index (χ1n) is 6.55. The van der Waals surface area contributed by atoms with Crippen molar-refractivity contribution < 1.29 is 9.90 Å². The Hall–Kier alpha value is -2.04. The molecule has 2 unspecified atom stereocenters. The Morgan fingerprint density at radius 1 is 1.42 bits per heavy atom. The van der Waals surface area contributed by atoms with Crippen molar-refractivity contribution >= 4 is 17.4 Å². The number of carboxylic acids is 1.